The summed E-state index contributed by atoms with van der Waals surface area (Å²) in [6.45, 7) is 4.19. The van der Waals surface area contributed by atoms with Gasteiger partial charge in [0.05, 0.1) is 25.7 Å². The van der Waals surface area contributed by atoms with Crippen LogP contribution in [0.25, 0.3) is 22.5 Å². The molecule has 1 heterocycles. The zero-order chi connectivity index (χ0) is 28.1. The van der Waals surface area contributed by atoms with Crippen LogP contribution in [0.2, 0.25) is 0 Å². The number of nitrogens with zero attached hydrogens (tertiary/aromatic N) is 1. The first-order chi connectivity index (χ1) is 19.4. The highest BCUT2D eigenvalue weighted by atomic mass is 16.5. The van der Waals surface area contributed by atoms with Crippen molar-refractivity contribution >= 4 is 17.7 Å². The Morgan fingerprint density at radius 3 is 2.27 bits per heavy atom. The molecule has 4 aromatic rings. The molecule has 1 aliphatic rings. The maximum absolute atomic E-state index is 12.5. The number of nitrogens with one attached hydrogen (secondary N) is 1. The summed E-state index contributed by atoms with van der Waals surface area (Å²) in [6, 6.07) is 23.5. The molecule has 0 atom stereocenters. The van der Waals surface area contributed by atoms with Crippen LogP contribution in [-0.2, 0) is 26.1 Å². The molecule has 5 rings (SSSR count). The van der Waals surface area contributed by atoms with Crippen LogP contribution in [0.3, 0.4) is 0 Å². The van der Waals surface area contributed by atoms with Crippen LogP contribution in [0.15, 0.2) is 77.3 Å². The van der Waals surface area contributed by atoms with Gasteiger partial charge in [0.25, 0.3) is 0 Å². The lowest BCUT2D eigenvalue weighted by atomic mass is 9.93. The Hall–Kier alpha value is -4.59. The number of esters is 1. The summed E-state index contributed by atoms with van der Waals surface area (Å²) < 4.78 is 21.5. The van der Waals surface area contributed by atoms with Gasteiger partial charge < -0.3 is 18.7 Å². The van der Waals surface area contributed by atoms with Gasteiger partial charge in [-0.1, -0.05) is 65.8 Å². The van der Waals surface area contributed by atoms with Crippen LogP contribution in [0.5, 0.6) is 5.75 Å². The highest BCUT2D eigenvalue weighted by Gasteiger charge is 2.52. The Morgan fingerprint density at radius 2 is 1.62 bits per heavy atom. The SMILES string of the molecule is CCOC(=O)C1(c2ccc(-c3ccc(-c4onc(C)c4NC(=O)OCCc4cccc(OC)c4)cc3)cc2)CC1. The quantitative estimate of drug-likeness (QED) is 0.223. The molecule has 206 valence electrons. The molecule has 1 saturated carbocycles. The van der Waals surface area contributed by atoms with Gasteiger partial charge in [0, 0.05) is 12.0 Å². The van der Waals surface area contributed by atoms with Gasteiger partial charge in [0.15, 0.2) is 5.76 Å². The van der Waals surface area contributed by atoms with Gasteiger partial charge in [-0.15, -0.1) is 0 Å². The van der Waals surface area contributed by atoms with Gasteiger partial charge in [0.1, 0.15) is 17.1 Å². The first-order valence-electron chi connectivity index (χ1n) is 13.3. The highest BCUT2D eigenvalue weighted by molar-refractivity contribution is 5.91. The van der Waals surface area contributed by atoms with Gasteiger partial charge in [-0.3, -0.25) is 10.1 Å². The zero-order valence-corrected chi connectivity index (χ0v) is 22.9. The number of aryl methyl sites for hydroxylation is 1. The average Bonchev–Trinajstić information content (AvgIpc) is 3.72. The van der Waals surface area contributed by atoms with Crippen LogP contribution < -0.4 is 10.1 Å². The van der Waals surface area contributed by atoms with Crippen LogP contribution in [-0.4, -0.2) is 37.5 Å². The van der Waals surface area contributed by atoms with E-state index in [0.717, 1.165) is 46.4 Å². The number of anilines is 1. The molecule has 3 aromatic carbocycles. The minimum absolute atomic E-state index is 0.139. The molecule has 1 aliphatic carbocycles. The van der Waals surface area contributed by atoms with Gasteiger partial charge in [-0.05, 0) is 61.1 Å². The summed E-state index contributed by atoms with van der Waals surface area (Å²) >= 11 is 0. The van der Waals surface area contributed by atoms with E-state index in [4.69, 9.17) is 18.7 Å². The van der Waals surface area contributed by atoms with Crippen LogP contribution >= 0.6 is 0 Å². The summed E-state index contributed by atoms with van der Waals surface area (Å²) in [5.74, 6) is 1.07. The number of ether oxygens (including phenoxy) is 3. The van der Waals surface area contributed by atoms with Gasteiger partial charge in [-0.25, -0.2) is 4.79 Å². The van der Waals surface area contributed by atoms with Crippen molar-refractivity contribution in [2.75, 3.05) is 25.6 Å². The lowest BCUT2D eigenvalue weighted by Gasteiger charge is -2.14. The van der Waals surface area contributed by atoms with Crippen LogP contribution in [0.4, 0.5) is 10.5 Å². The third kappa shape index (κ3) is 5.71. The molecule has 8 heteroatoms. The van der Waals surface area contributed by atoms with Crippen molar-refractivity contribution in [1.29, 1.82) is 0 Å². The number of methoxy groups -OCH3 is 1. The van der Waals surface area contributed by atoms with Crippen LogP contribution in [0.1, 0.15) is 36.6 Å². The molecular formula is C32H32N2O6. The van der Waals surface area contributed by atoms with E-state index in [9.17, 15) is 9.59 Å². The first kappa shape index (κ1) is 27.0. The predicted octanol–water partition coefficient (Wildman–Crippen LogP) is 6.71. The maximum atomic E-state index is 12.5. The fourth-order valence-electron chi connectivity index (χ4n) is 4.74. The normalized spacial score (nSPS) is 13.4. The van der Waals surface area contributed by atoms with Crippen molar-refractivity contribution in [3.63, 3.8) is 0 Å². The Labute approximate surface area is 233 Å². The Morgan fingerprint density at radius 1 is 0.950 bits per heavy atom. The minimum Gasteiger partial charge on any atom is -0.497 e. The second-order valence-electron chi connectivity index (χ2n) is 9.79. The summed E-state index contributed by atoms with van der Waals surface area (Å²) in [7, 11) is 1.62. The molecule has 8 nitrogen and oxygen atoms in total. The fourth-order valence-corrected chi connectivity index (χ4v) is 4.74. The largest absolute Gasteiger partial charge is 0.497 e. The molecule has 0 unspecified atom stereocenters. The Balaban J connectivity index is 1.22. The molecular weight excluding hydrogens is 508 g/mol. The van der Waals surface area contributed by atoms with Crippen molar-refractivity contribution in [2.45, 2.75) is 38.5 Å². The average molecular weight is 541 g/mol. The van der Waals surface area contributed by atoms with E-state index in [1.165, 1.54) is 0 Å². The van der Waals surface area contributed by atoms with E-state index in [-0.39, 0.29) is 12.6 Å². The molecule has 0 saturated heterocycles. The monoisotopic (exact) mass is 540 g/mol. The Kier molecular flexibility index (Phi) is 7.86. The third-order valence-electron chi connectivity index (χ3n) is 7.18. The molecule has 0 spiro atoms. The lowest BCUT2D eigenvalue weighted by Crippen LogP contribution is -2.23. The number of amides is 1. The first-order valence-corrected chi connectivity index (χ1v) is 13.3. The maximum Gasteiger partial charge on any atom is 0.411 e. The number of carbonyl (C=O) groups excluding carboxylic acids is 2. The second-order valence-corrected chi connectivity index (χ2v) is 9.79. The molecule has 0 aliphatic heterocycles. The molecule has 40 heavy (non-hydrogen) atoms. The van der Waals surface area contributed by atoms with E-state index < -0.39 is 11.5 Å². The zero-order valence-electron chi connectivity index (χ0n) is 22.9. The summed E-state index contributed by atoms with van der Waals surface area (Å²) in [5, 5.41) is 6.82. The van der Waals surface area contributed by atoms with Gasteiger partial charge in [-0.2, -0.15) is 0 Å². The molecule has 0 bridgehead atoms. The molecule has 1 N–H and O–H groups in total. The second kappa shape index (κ2) is 11.7. The van der Waals surface area contributed by atoms with Crippen molar-refractivity contribution in [1.82, 2.24) is 5.16 Å². The number of rotatable bonds is 10. The fraction of sp³-hybridized carbons (Fsp3) is 0.281. The van der Waals surface area contributed by atoms with E-state index in [2.05, 4.69) is 10.5 Å². The van der Waals surface area contributed by atoms with E-state index >= 15 is 0 Å². The highest BCUT2D eigenvalue weighted by Crippen LogP contribution is 2.49. The van der Waals surface area contributed by atoms with E-state index in [0.29, 0.717) is 30.2 Å². The number of hydrogen-bond donors (Lipinski definition) is 1. The number of benzene rings is 3. The summed E-state index contributed by atoms with van der Waals surface area (Å²) in [6.07, 6.45) is 1.63. The summed E-state index contributed by atoms with van der Waals surface area (Å²) in [4.78, 5) is 24.9. The van der Waals surface area contributed by atoms with Crippen molar-refractivity contribution in [3.05, 3.63) is 89.6 Å². The van der Waals surface area contributed by atoms with Gasteiger partial charge in [0.2, 0.25) is 0 Å². The standard InChI is InChI=1S/C32H32N2O6/c1-4-38-30(35)32(17-18-32)26-14-12-24(13-15-26)23-8-10-25(11-9-23)29-28(21(2)34-40-29)33-31(36)39-19-16-22-6-5-7-27(20-22)37-3/h5-15,20H,4,16-19H2,1-3H3,(H,33,36). The van der Waals surface area contributed by atoms with Crippen molar-refractivity contribution in [3.8, 4) is 28.2 Å². The smallest absolute Gasteiger partial charge is 0.411 e. The van der Waals surface area contributed by atoms with Gasteiger partial charge >= 0.3 is 12.1 Å². The van der Waals surface area contributed by atoms with Crippen LogP contribution in [0, 0.1) is 6.92 Å². The van der Waals surface area contributed by atoms with Crippen molar-refractivity contribution in [2.24, 2.45) is 0 Å². The molecule has 1 amide bonds. The van der Waals surface area contributed by atoms with E-state index in [1.54, 1.807) is 14.0 Å². The van der Waals surface area contributed by atoms with E-state index in [1.807, 2.05) is 79.7 Å². The number of aromatic nitrogens is 1. The number of carbonyl (C=O) groups is 2. The molecule has 1 aromatic heterocycles. The lowest BCUT2D eigenvalue weighted by molar-refractivity contribution is -0.146. The predicted molar refractivity (Wildman–Crippen MR) is 151 cm³/mol. The number of hydrogen-bond acceptors (Lipinski definition) is 7. The molecule has 0 radical (unpaired) electrons. The third-order valence-corrected chi connectivity index (χ3v) is 7.18. The molecule has 1 fully saturated rings. The topological polar surface area (TPSA) is 99.9 Å². The van der Waals surface area contributed by atoms with Crippen molar-refractivity contribution < 1.29 is 28.3 Å². The summed E-state index contributed by atoms with van der Waals surface area (Å²) in [5.41, 5.74) is 5.35. The minimum atomic E-state index is -0.580. The Bertz CT molecular complexity index is 1490.